The molecule has 224 valence electrons. The van der Waals surface area contributed by atoms with Crippen molar-refractivity contribution in [3.05, 3.63) is 48.4 Å². The molecule has 2 heterocycles. The van der Waals surface area contributed by atoms with Crippen LogP contribution in [0, 0.1) is 10.8 Å². The zero-order chi connectivity index (χ0) is 30.6. The van der Waals surface area contributed by atoms with E-state index in [0.717, 1.165) is 16.3 Å². The quantitative estimate of drug-likeness (QED) is 0.159. The third-order valence-electron chi connectivity index (χ3n) is 6.35. The van der Waals surface area contributed by atoms with Crippen molar-refractivity contribution >= 4 is 13.9 Å². The van der Waals surface area contributed by atoms with Crippen molar-refractivity contribution in [2.24, 2.45) is 10.8 Å². The van der Waals surface area contributed by atoms with Gasteiger partial charge in [0.05, 0.1) is 11.1 Å². The van der Waals surface area contributed by atoms with Crippen LogP contribution in [0.5, 0.6) is 5.75 Å². The molecule has 0 radical (unpaired) electrons. The van der Waals surface area contributed by atoms with Gasteiger partial charge in [0, 0.05) is 38.4 Å². The normalized spacial score (nSPS) is 13.0. The Morgan fingerprint density at radius 1 is 0.951 bits per heavy atom. The molecule has 0 aliphatic rings. The third kappa shape index (κ3) is 9.77. The van der Waals surface area contributed by atoms with Gasteiger partial charge in [0.2, 0.25) is 0 Å². The zero-order valence-electron chi connectivity index (χ0n) is 25.2. The van der Waals surface area contributed by atoms with Crippen molar-refractivity contribution in [1.29, 1.82) is 0 Å². The number of rotatable bonds is 12. The Hall–Kier alpha value is -3.05. The lowest BCUT2D eigenvalue weighted by Gasteiger charge is -2.27. The monoisotopic (exact) mass is 590 g/mol. The number of nitrogens with zero attached hydrogens (tertiary/aromatic N) is 4. The van der Waals surface area contributed by atoms with Gasteiger partial charge < -0.3 is 9.47 Å². The molecule has 1 aromatic carbocycles. The van der Waals surface area contributed by atoms with Gasteiger partial charge in [-0.2, -0.15) is 13.2 Å². The number of carbonyl (C=O) groups is 1. The number of carbonyl (C=O) groups excluding carboxylic acids is 1. The van der Waals surface area contributed by atoms with E-state index in [-0.39, 0.29) is 30.4 Å². The van der Waals surface area contributed by atoms with Crippen LogP contribution in [0.25, 0.3) is 22.6 Å². The number of pyridine rings is 1. The zero-order valence-corrected chi connectivity index (χ0v) is 26.2. The molecule has 0 fully saturated rings. The Labute approximate surface area is 241 Å². The minimum Gasteiger partial charge on any atom is -0.493 e. The van der Waals surface area contributed by atoms with Crippen LogP contribution >= 0.6 is 0 Å². The predicted octanol–water partition coefficient (Wildman–Crippen LogP) is 7.75. The topological polar surface area (TPSA) is 79.1 Å². The molecular weight excluding hydrogens is 549 g/mol. The Morgan fingerprint density at radius 2 is 1.59 bits per heavy atom. The summed E-state index contributed by atoms with van der Waals surface area (Å²) in [6.45, 7) is 17.1. The molecular formula is C30H41F3N4O3Si. The maximum absolute atomic E-state index is 13.4. The van der Waals surface area contributed by atoms with Crippen LogP contribution in [0.2, 0.25) is 25.7 Å². The number of Topliss-reactive ketones (excluding diaryl/α,β-unsaturated/α-hetero) is 1. The minimum absolute atomic E-state index is 0.0387. The fourth-order valence-corrected chi connectivity index (χ4v) is 4.54. The summed E-state index contributed by atoms with van der Waals surface area (Å²) in [7, 11) is -1.35. The summed E-state index contributed by atoms with van der Waals surface area (Å²) in [6, 6.07) is 11.6. The first-order chi connectivity index (χ1) is 18.8. The Bertz CT molecular complexity index is 1310. The van der Waals surface area contributed by atoms with Gasteiger partial charge in [-0.15, -0.1) is 5.10 Å². The highest BCUT2D eigenvalue weighted by atomic mass is 28.3. The molecule has 7 nitrogen and oxygen atoms in total. The number of halogens is 3. The molecule has 0 spiro atoms. The smallest absolute Gasteiger partial charge is 0.453 e. The molecule has 0 aliphatic heterocycles. The molecule has 0 saturated heterocycles. The van der Waals surface area contributed by atoms with Crippen molar-refractivity contribution in [2.75, 3.05) is 13.2 Å². The van der Waals surface area contributed by atoms with Gasteiger partial charge in [-0.1, -0.05) is 40.4 Å². The van der Waals surface area contributed by atoms with E-state index in [0.29, 0.717) is 30.0 Å². The second-order valence-electron chi connectivity index (χ2n) is 13.4. The summed E-state index contributed by atoms with van der Waals surface area (Å²) < 4.78 is 52.8. The Balaban J connectivity index is 1.70. The third-order valence-corrected chi connectivity index (χ3v) is 8.06. The van der Waals surface area contributed by atoms with E-state index in [4.69, 9.17) is 9.47 Å². The van der Waals surface area contributed by atoms with Crippen molar-refractivity contribution in [3.63, 3.8) is 0 Å². The van der Waals surface area contributed by atoms with Crippen LogP contribution in [-0.4, -0.2) is 46.8 Å². The van der Waals surface area contributed by atoms with Crippen molar-refractivity contribution < 1.29 is 27.4 Å². The maximum Gasteiger partial charge on any atom is 0.453 e. The van der Waals surface area contributed by atoms with Gasteiger partial charge in [0.15, 0.2) is 5.82 Å². The first-order valence-electron chi connectivity index (χ1n) is 13.7. The number of aromatic nitrogens is 4. The van der Waals surface area contributed by atoms with E-state index in [1.807, 2.05) is 46.8 Å². The Kier molecular flexibility index (Phi) is 9.85. The van der Waals surface area contributed by atoms with E-state index < -0.39 is 25.5 Å². The fourth-order valence-electron chi connectivity index (χ4n) is 3.78. The molecule has 0 unspecified atom stereocenters. The number of benzene rings is 1. The molecule has 3 rings (SSSR count). The van der Waals surface area contributed by atoms with Gasteiger partial charge in [-0.3, -0.25) is 9.78 Å². The van der Waals surface area contributed by atoms with Gasteiger partial charge in [0.25, 0.3) is 5.82 Å². The van der Waals surface area contributed by atoms with Crippen LogP contribution in [0.3, 0.4) is 0 Å². The van der Waals surface area contributed by atoms with E-state index in [2.05, 4.69) is 34.7 Å². The van der Waals surface area contributed by atoms with Crippen LogP contribution in [0.4, 0.5) is 13.2 Å². The molecule has 0 aliphatic carbocycles. The van der Waals surface area contributed by atoms with Crippen LogP contribution < -0.4 is 4.74 Å². The van der Waals surface area contributed by atoms with Gasteiger partial charge in [0.1, 0.15) is 24.9 Å². The van der Waals surface area contributed by atoms with E-state index in [1.54, 1.807) is 24.3 Å². The minimum atomic E-state index is -4.68. The molecule has 41 heavy (non-hydrogen) atoms. The van der Waals surface area contributed by atoms with Gasteiger partial charge in [-0.25, -0.2) is 9.67 Å². The summed E-state index contributed by atoms with van der Waals surface area (Å²) in [6.07, 6.45) is -2.72. The van der Waals surface area contributed by atoms with E-state index in [1.165, 1.54) is 6.20 Å². The lowest BCUT2D eigenvalue weighted by molar-refractivity contribution is -0.145. The largest absolute Gasteiger partial charge is 0.493 e. The first-order valence-corrected chi connectivity index (χ1v) is 17.4. The van der Waals surface area contributed by atoms with Crippen molar-refractivity contribution in [1.82, 2.24) is 19.7 Å². The van der Waals surface area contributed by atoms with Crippen molar-refractivity contribution in [2.45, 2.75) is 79.6 Å². The molecule has 2 aromatic heterocycles. The summed E-state index contributed by atoms with van der Waals surface area (Å²) in [5, 5.41) is 3.65. The fraction of sp³-hybridized carbons (Fsp3) is 0.533. The lowest BCUT2D eigenvalue weighted by atomic mass is 9.79. The summed E-state index contributed by atoms with van der Waals surface area (Å²) in [4.78, 5) is 20.9. The van der Waals surface area contributed by atoms with Crippen LogP contribution in [0.15, 0.2) is 42.6 Å². The molecule has 3 aromatic rings. The second-order valence-corrected chi connectivity index (χ2v) is 19.0. The van der Waals surface area contributed by atoms with Gasteiger partial charge >= 0.3 is 6.18 Å². The maximum atomic E-state index is 13.4. The molecule has 11 heteroatoms. The summed E-state index contributed by atoms with van der Waals surface area (Å²) >= 11 is 0. The summed E-state index contributed by atoms with van der Waals surface area (Å²) in [5.41, 5.74) is 1.13. The highest BCUT2D eigenvalue weighted by Gasteiger charge is 2.37. The predicted molar refractivity (Wildman–Crippen MR) is 156 cm³/mol. The van der Waals surface area contributed by atoms with Crippen molar-refractivity contribution in [3.8, 4) is 28.4 Å². The number of ketones is 1. The first kappa shape index (κ1) is 32.5. The highest BCUT2D eigenvalue weighted by molar-refractivity contribution is 6.76. The molecule has 0 atom stereocenters. The Morgan fingerprint density at radius 3 is 2.12 bits per heavy atom. The van der Waals surface area contributed by atoms with Crippen LogP contribution in [0.1, 0.15) is 46.9 Å². The van der Waals surface area contributed by atoms with E-state index in [9.17, 15) is 18.0 Å². The number of alkyl halides is 3. The highest BCUT2D eigenvalue weighted by Crippen LogP contribution is 2.31. The number of hydrogen-bond donors (Lipinski definition) is 0. The number of hydrogen-bond acceptors (Lipinski definition) is 6. The molecule has 0 amide bonds. The standard InChI is InChI=1S/C30H41F3N4O3Si/c1-28(2,3)17-25(38)29(4,5)19-40-23-12-9-21(10-13-23)24-14-11-22(18-34-24)26-35-27(30(31,32)33)36-37(26)20-39-15-16-41(6,7)8/h9-14,18H,15-17,19-20H2,1-8H3. The van der Waals surface area contributed by atoms with Crippen LogP contribution in [-0.2, 0) is 22.4 Å². The molecule has 0 N–H and O–H groups in total. The SMILES string of the molecule is CC(C)(C)CC(=O)C(C)(C)COc1ccc(-c2ccc(-c3nc(C(F)(F)F)nn3COCC[Si](C)(C)C)cn2)cc1. The van der Waals surface area contributed by atoms with Gasteiger partial charge in [-0.05, 0) is 61.7 Å². The van der Waals surface area contributed by atoms with E-state index >= 15 is 0 Å². The second kappa shape index (κ2) is 12.4. The average Bonchev–Trinajstić information content (AvgIpc) is 3.29. The molecule has 0 saturated carbocycles. The molecule has 0 bridgehead atoms. The number of ether oxygens (including phenoxy) is 2. The summed E-state index contributed by atoms with van der Waals surface area (Å²) in [5.74, 6) is -0.396. The average molecular weight is 591 g/mol. The lowest BCUT2D eigenvalue weighted by Crippen LogP contribution is -2.33.